The Bertz CT molecular complexity index is 795. The minimum atomic E-state index is -1.04. The van der Waals surface area contributed by atoms with Crippen molar-refractivity contribution in [1.29, 1.82) is 0 Å². The van der Waals surface area contributed by atoms with Crippen molar-refractivity contribution in [3.63, 3.8) is 0 Å². The van der Waals surface area contributed by atoms with Crippen molar-refractivity contribution in [1.82, 2.24) is 5.32 Å². The molecule has 0 aliphatic carbocycles. The standard InChI is InChI=1S/C17H15ClN2O5/c1-11(16(21)19-10-12-5-3-2-4-6-12)25-17(22)14-8-7-13(20(23)24)9-15(14)18/h2-9,11H,10H2,1H3,(H,19,21). The van der Waals surface area contributed by atoms with Gasteiger partial charge in [-0.2, -0.15) is 0 Å². The highest BCUT2D eigenvalue weighted by atomic mass is 35.5. The van der Waals surface area contributed by atoms with Gasteiger partial charge in [-0.25, -0.2) is 4.79 Å². The number of benzene rings is 2. The van der Waals surface area contributed by atoms with Crippen LogP contribution >= 0.6 is 11.6 Å². The maximum absolute atomic E-state index is 12.1. The average Bonchev–Trinajstić information content (AvgIpc) is 2.60. The molecule has 2 aromatic carbocycles. The summed E-state index contributed by atoms with van der Waals surface area (Å²) >= 11 is 5.87. The van der Waals surface area contributed by atoms with Crippen LogP contribution in [-0.4, -0.2) is 22.9 Å². The molecule has 8 heteroatoms. The zero-order chi connectivity index (χ0) is 18.4. The molecule has 0 bridgehead atoms. The molecule has 0 aliphatic rings. The fourth-order valence-corrected chi connectivity index (χ4v) is 2.24. The lowest BCUT2D eigenvalue weighted by Gasteiger charge is -2.14. The van der Waals surface area contributed by atoms with Gasteiger partial charge < -0.3 is 10.1 Å². The fourth-order valence-electron chi connectivity index (χ4n) is 1.99. The normalized spacial score (nSPS) is 11.4. The number of nitrogens with zero attached hydrogens (tertiary/aromatic N) is 1. The second-order valence-electron chi connectivity index (χ2n) is 5.17. The molecule has 0 heterocycles. The van der Waals surface area contributed by atoms with E-state index >= 15 is 0 Å². The van der Waals surface area contributed by atoms with Gasteiger partial charge in [-0.05, 0) is 18.6 Å². The Morgan fingerprint density at radius 3 is 2.52 bits per heavy atom. The summed E-state index contributed by atoms with van der Waals surface area (Å²) < 4.78 is 5.06. The van der Waals surface area contributed by atoms with E-state index in [0.717, 1.165) is 17.7 Å². The first-order valence-corrected chi connectivity index (χ1v) is 7.73. The minimum Gasteiger partial charge on any atom is -0.449 e. The van der Waals surface area contributed by atoms with Crippen molar-refractivity contribution < 1.29 is 19.2 Å². The highest BCUT2D eigenvalue weighted by Crippen LogP contribution is 2.23. The molecule has 7 nitrogen and oxygen atoms in total. The lowest BCUT2D eigenvalue weighted by atomic mass is 10.2. The Kier molecular flexibility index (Phi) is 6.08. The van der Waals surface area contributed by atoms with Gasteiger partial charge in [0, 0.05) is 18.7 Å². The zero-order valence-corrected chi connectivity index (χ0v) is 14.0. The van der Waals surface area contributed by atoms with E-state index in [4.69, 9.17) is 16.3 Å². The van der Waals surface area contributed by atoms with Gasteiger partial charge in [0.05, 0.1) is 15.5 Å². The average molecular weight is 363 g/mol. The van der Waals surface area contributed by atoms with Crippen LogP contribution in [0.5, 0.6) is 0 Å². The first-order valence-electron chi connectivity index (χ1n) is 7.35. The molecule has 0 fully saturated rings. The number of amides is 1. The van der Waals surface area contributed by atoms with Crippen molar-refractivity contribution in [2.45, 2.75) is 19.6 Å². The third-order valence-electron chi connectivity index (χ3n) is 3.35. The highest BCUT2D eigenvalue weighted by Gasteiger charge is 2.21. The first-order chi connectivity index (χ1) is 11.9. The summed E-state index contributed by atoms with van der Waals surface area (Å²) in [4.78, 5) is 34.1. The molecule has 2 rings (SSSR count). The molecule has 1 unspecified atom stereocenters. The van der Waals surface area contributed by atoms with Crippen molar-refractivity contribution in [2.24, 2.45) is 0 Å². The van der Waals surface area contributed by atoms with Crippen LogP contribution in [0.2, 0.25) is 5.02 Å². The Labute approximate surface area is 148 Å². The second-order valence-corrected chi connectivity index (χ2v) is 5.58. The first kappa shape index (κ1) is 18.4. The number of rotatable bonds is 6. The fraction of sp³-hybridized carbons (Fsp3) is 0.176. The predicted octanol–water partition coefficient (Wildman–Crippen LogP) is 3.11. The quantitative estimate of drug-likeness (QED) is 0.483. The van der Waals surface area contributed by atoms with Gasteiger partial charge in [-0.3, -0.25) is 14.9 Å². The molecule has 25 heavy (non-hydrogen) atoms. The van der Waals surface area contributed by atoms with E-state index in [1.807, 2.05) is 30.3 Å². The number of nitro groups is 1. The van der Waals surface area contributed by atoms with E-state index in [-0.39, 0.29) is 16.3 Å². The van der Waals surface area contributed by atoms with Crippen LogP contribution in [-0.2, 0) is 16.1 Å². The Hall–Kier alpha value is -2.93. The summed E-state index contributed by atoms with van der Waals surface area (Å²) in [6.45, 7) is 1.73. The number of hydrogen-bond donors (Lipinski definition) is 1. The molecule has 0 aliphatic heterocycles. The SMILES string of the molecule is CC(OC(=O)c1ccc([N+](=O)[O-])cc1Cl)C(=O)NCc1ccccc1. The maximum atomic E-state index is 12.1. The van der Waals surface area contributed by atoms with Crippen molar-refractivity contribution in [3.05, 3.63) is 74.8 Å². The summed E-state index contributed by atoms with van der Waals surface area (Å²) in [7, 11) is 0. The van der Waals surface area contributed by atoms with Gasteiger partial charge in [-0.15, -0.1) is 0 Å². The Balaban J connectivity index is 1.95. The lowest BCUT2D eigenvalue weighted by Crippen LogP contribution is -2.35. The molecule has 0 spiro atoms. The number of ether oxygens (including phenoxy) is 1. The summed E-state index contributed by atoms with van der Waals surface area (Å²) in [6, 6.07) is 12.7. The van der Waals surface area contributed by atoms with Crippen LogP contribution in [0.25, 0.3) is 0 Å². The molecular formula is C17H15ClN2O5. The third-order valence-corrected chi connectivity index (χ3v) is 3.66. The number of nitrogens with one attached hydrogen (secondary N) is 1. The molecular weight excluding hydrogens is 348 g/mol. The maximum Gasteiger partial charge on any atom is 0.340 e. The minimum absolute atomic E-state index is 0.0463. The number of non-ortho nitro benzene ring substituents is 1. The summed E-state index contributed by atoms with van der Waals surface area (Å²) in [5.74, 6) is -1.29. The van der Waals surface area contributed by atoms with E-state index in [1.165, 1.54) is 13.0 Å². The van der Waals surface area contributed by atoms with E-state index in [2.05, 4.69) is 5.32 Å². The summed E-state index contributed by atoms with van der Waals surface area (Å²) in [5.41, 5.74) is 0.623. The van der Waals surface area contributed by atoms with Crippen molar-refractivity contribution in [2.75, 3.05) is 0 Å². The molecule has 1 atom stereocenters. The number of nitro benzene ring substituents is 1. The van der Waals surface area contributed by atoms with Crippen LogP contribution in [0.15, 0.2) is 48.5 Å². The van der Waals surface area contributed by atoms with E-state index < -0.39 is 22.9 Å². The van der Waals surface area contributed by atoms with Crippen LogP contribution in [0.1, 0.15) is 22.8 Å². The molecule has 130 valence electrons. The molecule has 0 radical (unpaired) electrons. The van der Waals surface area contributed by atoms with Crippen LogP contribution in [0.3, 0.4) is 0 Å². The zero-order valence-electron chi connectivity index (χ0n) is 13.3. The second kappa shape index (κ2) is 8.25. The van der Waals surface area contributed by atoms with Gasteiger partial charge in [0.1, 0.15) is 0 Å². The summed E-state index contributed by atoms with van der Waals surface area (Å²) in [5, 5.41) is 13.2. The third kappa shape index (κ3) is 5.02. The van der Waals surface area contributed by atoms with Crippen LogP contribution in [0, 0.1) is 10.1 Å². The topological polar surface area (TPSA) is 98.5 Å². The van der Waals surface area contributed by atoms with Gasteiger partial charge in [0.15, 0.2) is 6.10 Å². The molecule has 0 saturated heterocycles. The van der Waals surface area contributed by atoms with Gasteiger partial charge in [-0.1, -0.05) is 41.9 Å². The monoisotopic (exact) mass is 362 g/mol. The van der Waals surface area contributed by atoms with Crippen LogP contribution < -0.4 is 5.32 Å². The smallest absolute Gasteiger partial charge is 0.340 e. The van der Waals surface area contributed by atoms with Gasteiger partial charge in [0.2, 0.25) is 0 Å². The van der Waals surface area contributed by atoms with Gasteiger partial charge in [0.25, 0.3) is 11.6 Å². The van der Waals surface area contributed by atoms with E-state index in [1.54, 1.807) is 0 Å². The molecule has 0 aromatic heterocycles. The molecule has 1 amide bonds. The lowest BCUT2D eigenvalue weighted by molar-refractivity contribution is -0.384. The number of carbonyl (C=O) groups excluding carboxylic acids is 2. The number of hydrogen-bond acceptors (Lipinski definition) is 5. The predicted molar refractivity (Wildman–Crippen MR) is 91.3 cm³/mol. The van der Waals surface area contributed by atoms with Gasteiger partial charge >= 0.3 is 5.97 Å². The summed E-state index contributed by atoms with van der Waals surface area (Å²) in [6.07, 6.45) is -1.04. The van der Waals surface area contributed by atoms with E-state index in [0.29, 0.717) is 6.54 Å². The van der Waals surface area contributed by atoms with E-state index in [9.17, 15) is 19.7 Å². The largest absolute Gasteiger partial charge is 0.449 e. The number of esters is 1. The Morgan fingerprint density at radius 2 is 1.92 bits per heavy atom. The number of halogens is 1. The van der Waals surface area contributed by atoms with Crippen molar-refractivity contribution >= 4 is 29.2 Å². The van der Waals surface area contributed by atoms with Crippen molar-refractivity contribution in [3.8, 4) is 0 Å². The number of carbonyl (C=O) groups is 2. The molecule has 1 N–H and O–H groups in total. The molecule has 2 aromatic rings. The highest BCUT2D eigenvalue weighted by molar-refractivity contribution is 6.33. The molecule has 0 saturated carbocycles. The Morgan fingerprint density at radius 1 is 1.24 bits per heavy atom. The van der Waals surface area contributed by atoms with Crippen LogP contribution in [0.4, 0.5) is 5.69 Å².